The van der Waals surface area contributed by atoms with Crippen molar-refractivity contribution < 1.29 is 14.3 Å². The second-order valence-corrected chi connectivity index (χ2v) is 5.83. The maximum atomic E-state index is 12.3. The van der Waals surface area contributed by atoms with E-state index in [1.54, 1.807) is 0 Å². The lowest BCUT2D eigenvalue weighted by Crippen LogP contribution is -2.60. The molecule has 2 aliphatic rings. The fraction of sp³-hybridized carbons (Fsp3) is 0.933. The predicted octanol–water partition coefficient (Wildman–Crippen LogP) is 2.27. The summed E-state index contributed by atoms with van der Waals surface area (Å²) in [7, 11) is 1.50. The van der Waals surface area contributed by atoms with E-state index in [4.69, 9.17) is 9.47 Å². The van der Waals surface area contributed by atoms with Gasteiger partial charge in [-0.05, 0) is 31.6 Å². The number of esters is 1. The van der Waals surface area contributed by atoms with Crippen molar-refractivity contribution >= 4 is 5.97 Å². The molecule has 0 aromatic carbocycles. The molecule has 0 amide bonds. The Hall–Kier alpha value is -0.610. The van der Waals surface area contributed by atoms with Gasteiger partial charge in [-0.25, -0.2) is 0 Å². The molecule has 2 rings (SSSR count). The Bertz CT molecular complexity index is 302. The Morgan fingerprint density at radius 2 is 2.21 bits per heavy atom. The lowest BCUT2D eigenvalue weighted by atomic mass is 9.71. The summed E-state index contributed by atoms with van der Waals surface area (Å²) in [6, 6.07) is 0. The van der Waals surface area contributed by atoms with E-state index in [0.29, 0.717) is 5.92 Å². The number of carbonyl (C=O) groups excluding carboxylic acids is 1. The van der Waals surface area contributed by atoms with Crippen LogP contribution in [0, 0.1) is 5.92 Å². The number of carbonyl (C=O) groups is 1. The van der Waals surface area contributed by atoms with Crippen LogP contribution in [0.25, 0.3) is 0 Å². The number of methoxy groups -OCH3 is 1. The van der Waals surface area contributed by atoms with Crippen molar-refractivity contribution in [1.29, 1.82) is 0 Å². The van der Waals surface area contributed by atoms with Crippen molar-refractivity contribution in [2.45, 2.75) is 63.5 Å². The first-order valence-corrected chi connectivity index (χ1v) is 7.68. The molecule has 1 aliphatic heterocycles. The van der Waals surface area contributed by atoms with Crippen molar-refractivity contribution in [3.63, 3.8) is 0 Å². The van der Waals surface area contributed by atoms with Crippen LogP contribution in [-0.2, 0) is 14.3 Å². The van der Waals surface area contributed by atoms with Crippen LogP contribution >= 0.6 is 0 Å². The number of ether oxygens (including phenoxy) is 2. The van der Waals surface area contributed by atoms with Gasteiger partial charge in [0, 0.05) is 13.2 Å². The fourth-order valence-corrected chi connectivity index (χ4v) is 3.65. The zero-order valence-electron chi connectivity index (χ0n) is 12.2. The van der Waals surface area contributed by atoms with Gasteiger partial charge < -0.3 is 9.47 Å². The monoisotopic (exact) mass is 269 g/mol. The number of nitrogens with one attached hydrogen (secondary N) is 1. The standard InChI is InChI=1S/C15H27NO3/c1-3-12-7-4-5-9-15(12,14(17)18-2)16-11-13-8-6-10-19-13/h12-13,16H,3-11H2,1-2H3. The van der Waals surface area contributed by atoms with Crippen LogP contribution in [0.4, 0.5) is 0 Å². The second-order valence-electron chi connectivity index (χ2n) is 5.83. The third-order valence-electron chi connectivity index (χ3n) is 4.78. The Balaban J connectivity index is 2.06. The van der Waals surface area contributed by atoms with Crippen LogP contribution in [-0.4, -0.2) is 37.9 Å². The second kappa shape index (κ2) is 6.71. The van der Waals surface area contributed by atoms with Gasteiger partial charge in [0.15, 0.2) is 0 Å². The molecule has 0 aromatic heterocycles. The molecule has 1 saturated heterocycles. The van der Waals surface area contributed by atoms with Gasteiger partial charge in [-0.15, -0.1) is 0 Å². The molecule has 2 fully saturated rings. The van der Waals surface area contributed by atoms with Gasteiger partial charge in [0.25, 0.3) is 0 Å². The van der Waals surface area contributed by atoms with Crippen LogP contribution < -0.4 is 5.32 Å². The fourth-order valence-electron chi connectivity index (χ4n) is 3.65. The van der Waals surface area contributed by atoms with Crippen LogP contribution in [0.15, 0.2) is 0 Å². The molecular formula is C15H27NO3. The molecule has 3 unspecified atom stereocenters. The summed E-state index contributed by atoms with van der Waals surface area (Å²) < 4.78 is 10.8. The SMILES string of the molecule is CCC1CCCCC1(NCC1CCCO1)C(=O)OC. The minimum Gasteiger partial charge on any atom is -0.468 e. The zero-order valence-corrected chi connectivity index (χ0v) is 12.2. The van der Waals surface area contributed by atoms with Crippen molar-refractivity contribution in [1.82, 2.24) is 5.32 Å². The van der Waals surface area contributed by atoms with E-state index < -0.39 is 5.54 Å². The Labute approximate surface area is 116 Å². The van der Waals surface area contributed by atoms with E-state index in [0.717, 1.165) is 51.7 Å². The lowest BCUT2D eigenvalue weighted by molar-refractivity contribution is -0.153. The van der Waals surface area contributed by atoms with Crippen LogP contribution in [0.1, 0.15) is 51.9 Å². The molecule has 1 heterocycles. The number of rotatable bonds is 5. The molecule has 1 aliphatic carbocycles. The first-order chi connectivity index (χ1) is 9.23. The molecule has 0 bridgehead atoms. The summed E-state index contributed by atoms with van der Waals surface area (Å²) in [5, 5.41) is 3.53. The maximum Gasteiger partial charge on any atom is 0.326 e. The summed E-state index contributed by atoms with van der Waals surface area (Å²) in [5.41, 5.74) is -0.478. The van der Waals surface area contributed by atoms with E-state index in [2.05, 4.69) is 12.2 Å². The maximum absolute atomic E-state index is 12.3. The highest BCUT2D eigenvalue weighted by Crippen LogP contribution is 2.37. The highest BCUT2D eigenvalue weighted by molar-refractivity contribution is 5.81. The molecule has 4 nitrogen and oxygen atoms in total. The highest BCUT2D eigenvalue weighted by Gasteiger charge is 2.47. The van der Waals surface area contributed by atoms with Gasteiger partial charge in [-0.1, -0.05) is 26.2 Å². The van der Waals surface area contributed by atoms with E-state index >= 15 is 0 Å². The summed E-state index contributed by atoms with van der Waals surface area (Å²) in [6.07, 6.45) is 7.85. The van der Waals surface area contributed by atoms with Gasteiger partial charge in [-0.2, -0.15) is 0 Å². The van der Waals surface area contributed by atoms with Gasteiger partial charge in [0.2, 0.25) is 0 Å². The predicted molar refractivity (Wildman–Crippen MR) is 74.0 cm³/mol. The molecule has 19 heavy (non-hydrogen) atoms. The van der Waals surface area contributed by atoms with Crippen LogP contribution in [0.2, 0.25) is 0 Å². The van der Waals surface area contributed by atoms with Crippen molar-refractivity contribution in [2.75, 3.05) is 20.3 Å². The highest BCUT2D eigenvalue weighted by atomic mass is 16.5. The first kappa shape index (κ1) is 14.8. The lowest BCUT2D eigenvalue weighted by Gasteiger charge is -2.42. The topological polar surface area (TPSA) is 47.6 Å². The molecule has 0 radical (unpaired) electrons. The van der Waals surface area contributed by atoms with Crippen molar-refractivity contribution in [2.24, 2.45) is 5.92 Å². The Morgan fingerprint density at radius 3 is 2.84 bits per heavy atom. The summed E-state index contributed by atoms with van der Waals surface area (Å²) in [4.78, 5) is 12.3. The van der Waals surface area contributed by atoms with E-state index in [1.807, 2.05) is 0 Å². The molecule has 0 spiro atoms. The number of hydrogen-bond acceptors (Lipinski definition) is 4. The molecule has 110 valence electrons. The van der Waals surface area contributed by atoms with E-state index in [1.165, 1.54) is 13.5 Å². The van der Waals surface area contributed by atoms with Gasteiger partial charge >= 0.3 is 5.97 Å². The molecular weight excluding hydrogens is 242 g/mol. The van der Waals surface area contributed by atoms with E-state index in [9.17, 15) is 4.79 Å². The molecule has 3 atom stereocenters. The third kappa shape index (κ3) is 3.11. The molecule has 0 aromatic rings. The van der Waals surface area contributed by atoms with Crippen molar-refractivity contribution in [3.8, 4) is 0 Å². The van der Waals surface area contributed by atoms with Crippen LogP contribution in [0.5, 0.6) is 0 Å². The smallest absolute Gasteiger partial charge is 0.326 e. The molecule has 1 saturated carbocycles. The van der Waals surface area contributed by atoms with Crippen molar-refractivity contribution in [3.05, 3.63) is 0 Å². The normalized spacial score (nSPS) is 35.3. The average Bonchev–Trinajstić information content (AvgIpc) is 2.97. The van der Waals surface area contributed by atoms with Gasteiger partial charge in [0.1, 0.15) is 5.54 Å². The summed E-state index contributed by atoms with van der Waals surface area (Å²) >= 11 is 0. The summed E-state index contributed by atoms with van der Waals surface area (Å²) in [5.74, 6) is 0.298. The average molecular weight is 269 g/mol. The zero-order chi connectivity index (χ0) is 13.7. The minimum absolute atomic E-state index is 0.0861. The Morgan fingerprint density at radius 1 is 1.37 bits per heavy atom. The van der Waals surface area contributed by atoms with Gasteiger partial charge in [-0.3, -0.25) is 10.1 Å². The van der Waals surface area contributed by atoms with Gasteiger partial charge in [0.05, 0.1) is 13.2 Å². The third-order valence-corrected chi connectivity index (χ3v) is 4.78. The minimum atomic E-state index is -0.478. The van der Waals surface area contributed by atoms with E-state index in [-0.39, 0.29) is 12.1 Å². The quantitative estimate of drug-likeness (QED) is 0.778. The van der Waals surface area contributed by atoms with Crippen LogP contribution in [0.3, 0.4) is 0 Å². The molecule has 4 heteroatoms. The Kier molecular flexibility index (Phi) is 5.22. The summed E-state index contributed by atoms with van der Waals surface area (Å²) in [6.45, 7) is 3.79. The number of hydrogen-bond donors (Lipinski definition) is 1. The first-order valence-electron chi connectivity index (χ1n) is 7.68. The molecule has 1 N–H and O–H groups in total. The largest absolute Gasteiger partial charge is 0.468 e.